The number of nitrogens with zero attached hydrogens (tertiary/aromatic N) is 2. The summed E-state index contributed by atoms with van der Waals surface area (Å²) in [5.74, 6) is -1.36. The van der Waals surface area contributed by atoms with Crippen molar-refractivity contribution in [2.75, 3.05) is 51.0 Å². The molecule has 0 spiro atoms. The monoisotopic (exact) mass is 332 g/mol. The lowest BCUT2D eigenvalue weighted by atomic mass is 10.2. The Morgan fingerprint density at radius 1 is 0.750 bits per heavy atom. The molecule has 0 radical (unpaired) electrons. The summed E-state index contributed by atoms with van der Waals surface area (Å²) in [6.07, 6.45) is 0. The third-order valence-electron chi connectivity index (χ3n) is 4.31. The number of hydrogen-bond acceptors (Lipinski definition) is 4. The molecular weight excluding hydrogens is 308 g/mol. The molecule has 0 atom stereocenters. The van der Waals surface area contributed by atoms with Crippen LogP contribution < -0.4 is 0 Å². The van der Waals surface area contributed by atoms with Crippen molar-refractivity contribution in [1.82, 2.24) is 0 Å². The highest BCUT2D eigenvalue weighted by Gasteiger charge is 2.45. The lowest BCUT2D eigenvalue weighted by Crippen LogP contribution is -2.68. The Bertz CT molecular complexity index is 492. The molecule has 0 amide bonds. The highest BCUT2D eigenvalue weighted by Crippen LogP contribution is 2.21. The molecule has 10 heteroatoms. The maximum Gasteiger partial charge on any atom is 0.316 e. The number of rotatable bonds is 6. The molecule has 8 nitrogen and oxygen atoms in total. The van der Waals surface area contributed by atoms with E-state index in [9.17, 15) is 16.8 Å². The van der Waals surface area contributed by atoms with Gasteiger partial charge in [0.15, 0.2) is 0 Å². The van der Waals surface area contributed by atoms with Crippen LogP contribution in [0.5, 0.6) is 0 Å². The van der Waals surface area contributed by atoms with Gasteiger partial charge in [-0.15, -0.1) is 0 Å². The van der Waals surface area contributed by atoms with Gasteiger partial charge >= 0.3 is 20.2 Å². The van der Waals surface area contributed by atoms with Crippen molar-refractivity contribution in [2.24, 2.45) is 0 Å². The zero-order valence-electron chi connectivity index (χ0n) is 11.9. The first kappa shape index (κ1) is 17.8. The maximum atomic E-state index is 11.1. The van der Waals surface area contributed by atoms with Crippen LogP contribution in [0.4, 0.5) is 0 Å². The molecule has 0 saturated carbocycles. The Kier molecular flexibility index (Phi) is 5.21. The van der Waals surface area contributed by atoms with Crippen LogP contribution in [0.15, 0.2) is 0 Å². The molecule has 2 N–H and O–H groups in total. The van der Waals surface area contributed by atoms with E-state index in [2.05, 4.69) is 0 Å². The second-order valence-corrected chi connectivity index (χ2v) is 8.48. The second kappa shape index (κ2) is 5.85. The minimum atomic E-state index is -4.32. The van der Waals surface area contributed by atoms with Gasteiger partial charge in [0.05, 0.1) is 13.1 Å². The van der Waals surface area contributed by atoms with E-state index in [-0.39, 0.29) is 4.48 Å². The van der Waals surface area contributed by atoms with Gasteiger partial charge in [0.1, 0.15) is 26.2 Å². The van der Waals surface area contributed by atoms with Crippen LogP contribution in [0.3, 0.4) is 0 Å². The molecular formula is C10H24N2O6S2+2. The number of piperazine rings is 1. The first-order chi connectivity index (χ1) is 8.95. The van der Waals surface area contributed by atoms with Crippen LogP contribution in [-0.2, 0) is 20.2 Å². The fraction of sp³-hybridized carbons (Fsp3) is 1.00. The van der Waals surface area contributed by atoms with E-state index in [4.69, 9.17) is 9.11 Å². The van der Waals surface area contributed by atoms with Crippen molar-refractivity contribution < 1.29 is 34.9 Å². The molecule has 1 aliphatic heterocycles. The fourth-order valence-electron chi connectivity index (χ4n) is 2.92. The van der Waals surface area contributed by atoms with Gasteiger partial charge < -0.3 is 4.48 Å². The Morgan fingerprint density at radius 2 is 1.05 bits per heavy atom. The van der Waals surface area contributed by atoms with Gasteiger partial charge in [-0.1, -0.05) is 0 Å². The first-order valence-electron chi connectivity index (χ1n) is 6.55. The van der Waals surface area contributed by atoms with E-state index in [1.807, 2.05) is 13.8 Å². The van der Waals surface area contributed by atoms with Crippen molar-refractivity contribution >= 4 is 20.2 Å². The van der Waals surface area contributed by atoms with Gasteiger partial charge in [-0.25, -0.2) is 0 Å². The molecule has 1 saturated heterocycles. The molecule has 1 aliphatic rings. The predicted molar refractivity (Wildman–Crippen MR) is 73.9 cm³/mol. The quantitative estimate of drug-likeness (QED) is 0.495. The summed E-state index contributed by atoms with van der Waals surface area (Å²) in [6.45, 7) is 7.67. The summed E-state index contributed by atoms with van der Waals surface area (Å²) >= 11 is 0. The molecule has 0 aromatic carbocycles. The Labute approximate surface area is 120 Å². The molecule has 1 heterocycles. The van der Waals surface area contributed by atoms with Crippen molar-refractivity contribution in [2.45, 2.75) is 13.8 Å². The average molecular weight is 332 g/mol. The topological polar surface area (TPSA) is 109 Å². The minimum absolute atomic E-state index is 0.293. The summed E-state index contributed by atoms with van der Waals surface area (Å²) in [7, 11) is -8.63. The van der Waals surface area contributed by atoms with E-state index >= 15 is 0 Å². The van der Waals surface area contributed by atoms with E-state index in [1.165, 1.54) is 0 Å². The molecule has 120 valence electrons. The summed E-state index contributed by atoms with van der Waals surface area (Å²) in [5.41, 5.74) is 0. The van der Waals surface area contributed by atoms with Crippen molar-refractivity contribution in [3.05, 3.63) is 0 Å². The lowest BCUT2D eigenvalue weighted by molar-refractivity contribution is -1.02. The molecule has 1 fully saturated rings. The van der Waals surface area contributed by atoms with E-state index in [0.717, 1.165) is 17.6 Å². The van der Waals surface area contributed by atoms with Gasteiger partial charge in [0, 0.05) is 0 Å². The molecule has 0 aromatic heterocycles. The van der Waals surface area contributed by atoms with E-state index in [1.54, 1.807) is 0 Å². The highest BCUT2D eigenvalue weighted by atomic mass is 32.2. The van der Waals surface area contributed by atoms with Crippen LogP contribution in [-0.4, -0.2) is 85.9 Å². The van der Waals surface area contributed by atoms with Gasteiger partial charge in [0.25, 0.3) is 0 Å². The predicted octanol–water partition coefficient (Wildman–Crippen LogP) is -0.636. The van der Waals surface area contributed by atoms with Gasteiger partial charge in [-0.05, 0) is 13.8 Å². The average Bonchev–Trinajstić information content (AvgIpc) is 2.26. The molecule has 0 aromatic rings. The van der Waals surface area contributed by atoms with Gasteiger partial charge in [0.2, 0.25) is 11.8 Å². The van der Waals surface area contributed by atoms with Crippen molar-refractivity contribution in [3.63, 3.8) is 0 Å². The summed E-state index contributed by atoms with van der Waals surface area (Å²) in [5, 5.41) is 0. The van der Waals surface area contributed by atoms with Crippen molar-refractivity contribution in [1.29, 1.82) is 0 Å². The Hall–Kier alpha value is -0.260. The van der Waals surface area contributed by atoms with Gasteiger partial charge in [-0.3, -0.25) is 13.6 Å². The Balaban J connectivity index is 2.99. The highest BCUT2D eigenvalue weighted by molar-refractivity contribution is 7.86. The third kappa shape index (κ3) is 4.93. The zero-order valence-corrected chi connectivity index (χ0v) is 13.5. The number of hydrogen-bond donors (Lipinski definition) is 2. The molecule has 0 unspecified atom stereocenters. The fourth-order valence-corrected chi connectivity index (χ4v) is 5.11. The van der Waals surface area contributed by atoms with Crippen molar-refractivity contribution in [3.8, 4) is 0 Å². The molecule has 20 heavy (non-hydrogen) atoms. The normalized spacial score (nSPS) is 22.6. The van der Waals surface area contributed by atoms with E-state index in [0.29, 0.717) is 26.2 Å². The summed E-state index contributed by atoms with van der Waals surface area (Å²) in [4.78, 5) is 0. The first-order valence-corrected chi connectivity index (χ1v) is 9.77. The molecule has 0 bridgehead atoms. The van der Waals surface area contributed by atoms with Crippen LogP contribution in [0.2, 0.25) is 0 Å². The second-order valence-electron chi connectivity index (χ2n) is 5.63. The zero-order chi connectivity index (χ0) is 15.7. The number of quaternary nitrogens is 2. The molecule has 1 rings (SSSR count). The third-order valence-corrected chi connectivity index (χ3v) is 6.06. The lowest BCUT2D eigenvalue weighted by Gasteiger charge is -2.47. The smallest absolute Gasteiger partial charge is 0.315 e. The molecule has 0 aliphatic carbocycles. The standard InChI is InChI=1S/C10H22N2O6S2/c1-3-11(4-2)5-7-12(8-6-11,9-19(13,14)15)10-20(16,17)18/h3-10H2,1-2H3/p+2. The van der Waals surface area contributed by atoms with E-state index < -0.39 is 32.0 Å². The van der Waals surface area contributed by atoms with Crippen LogP contribution in [0.25, 0.3) is 0 Å². The van der Waals surface area contributed by atoms with Crippen LogP contribution >= 0.6 is 0 Å². The Morgan fingerprint density at radius 3 is 1.30 bits per heavy atom. The minimum Gasteiger partial charge on any atom is -0.315 e. The van der Waals surface area contributed by atoms with Crippen LogP contribution in [0, 0.1) is 0 Å². The van der Waals surface area contributed by atoms with Crippen LogP contribution in [0.1, 0.15) is 13.8 Å². The summed E-state index contributed by atoms with van der Waals surface area (Å²) in [6, 6.07) is 0. The summed E-state index contributed by atoms with van der Waals surface area (Å²) < 4.78 is 63.2. The van der Waals surface area contributed by atoms with Gasteiger partial charge in [-0.2, -0.15) is 16.8 Å². The SMILES string of the molecule is CC[N+]1(CC)CC[N+](CS(=O)(=O)O)(CS(=O)(=O)O)CC1. The largest absolute Gasteiger partial charge is 0.316 e. The number of likely N-dealkylation sites (N-methyl/N-ethyl adjacent to an activating group) is 1. The maximum absolute atomic E-state index is 11.1.